The van der Waals surface area contributed by atoms with Crippen molar-refractivity contribution in [2.24, 2.45) is 0 Å². The van der Waals surface area contributed by atoms with Crippen molar-refractivity contribution in [3.8, 4) is 0 Å². The first-order chi connectivity index (χ1) is 11.2. The molecule has 2 aromatic rings. The molecule has 1 aromatic carbocycles. The van der Waals surface area contributed by atoms with Crippen LogP contribution in [0.15, 0.2) is 35.7 Å². The van der Waals surface area contributed by atoms with Crippen LogP contribution in [0.3, 0.4) is 0 Å². The fourth-order valence-corrected chi connectivity index (χ4v) is 3.40. The van der Waals surface area contributed by atoms with Crippen molar-refractivity contribution in [3.63, 3.8) is 0 Å². The van der Waals surface area contributed by atoms with Gasteiger partial charge in [-0.05, 0) is 44.0 Å². The van der Waals surface area contributed by atoms with Crippen LogP contribution in [0.2, 0.25) is 0 Å². The Kier molecular flexibility index (Phi) is 5.30. The second-order valence-corrected chi connectivity index (χ2v) is 6.71. The average molecular weight is 331 g/mol. The van der Waals surface area contributed by atoms with E-state index in [2.05, 4.69) is 32.7 Å². The highest BCUT2D eigenvalue weighted by Gasteiger charge is 2.22. The molecule has 6 nitrogen and oxygen atoms in total. The molecule has 0 bridgehead atoms. The summed E-state index contributed by atoms with van der Waals surface area (Å²) in [5.74, 6) is 0.792. The molecule has 3 rings (SSSR count). The lowest BCUT2D eigenvalue weighted by molar-refractivity contribution is 0.0920. The van der Waals surface area contributed by atoms with E-state index in [0.29, 0.717) is 11.6 Å². The third kappa shape index (κ3) is 4.33. The average Bonchev–Trinajstić information content (AvgIpc) is 3.09. The van der Waals surface area contributed by atoms with Crippen molar-refractivity contribution in [1.82, 2.24) is 25.8 Å². The second kappa shape index (κ2) is 7.61. The van der Waals surface area contributed by atoms with Gasteiger partial charge in [0.2, 0.25) is 0 Å². The van der Waals surface area contributed by atoms with Crippen molar-refractivity contribution in [3.05, 3.63) is 41.7 Å². The van der Waals surface area contributed by atoms with Crippen LogP contribution in [-0.4, -0.2) is 39.7 Å². The maximum Gasteiger partial charge on any atom is 0.251 e. The highest BCUT2D eigenvalue weighted by molar-refractivity contribution is 7.98. The minimum atomic E-state index is -0.0000114. The number of amides is 1. The highest BCUT2D eigenvalue weighted by atomic mass is 32.2. The predicted octanol–water partition coefficient (Wildman–Crippen LogP) is 1.97. The van der Waals surface area contributed by atoms with E-state index in [1.165, 1.54) is 6.33 Å². The van der Waals surface area contributed by atoms with E-state index in [1.807, 2.05) is 24.3 Å². The Labute approximate surface area is 139 Å². The van der Waals surface area contributed by atoms with Crippen LogP contribution in [0, 0.1) is 0 Å². The van der Waals surface area contributed by atoms with E-state index in [9.17, 15) is 4.79 Å². The summed E-state index contributed by atoms with van der Waals surface area (Å²) < 4.78 is 0. The first-order valence-corrected chi connectivity index (χ1v) is 8.82. The third-order valence-corrected chi connectivity index (χ3v) is 5.01. The molecule has 0 aliphatic carbocycles. The Morgan fingerprint density at radius 1 is 1.39 bits per heavy atom. The molecular weight excluding hydrogens is 310 g/mol. The van der Waals surface area contributed by atoms with E-state index in [4.69, 9.17) is 0 Å². The van der Waals surface area contributed by atoms with Gasteiger partial charge < -0.3 is 10.6 Å². The Bertz CT molecular complexity index is 628. The Morgan fingerprint density at radius 2 is 2.22 bits per heavy atom. The molecule has 2 atom stereocenters. The van der Waals surface area contributed by atoms with Crippen LogP contribution in [0.1, 0.15) is 35.7 Å². The number of rotatable bonds is 5. The molecule has 2 unspecified atom stereocenters. The lowest BCUT2D eigenvalue weighted by Gasteiger charge is -2.30. The van der Waals surface area contributed by atoms with Gasteiger partial charge in [-0.2, -0.15) is 5.10 Å². The van der Waals surface area contributed by atoms with Crippen LogP contribution in [-0.2, 0) is 5.75 Å². The van der Waals surface area contributed by atoms with E-state index in [1.54, 1.807) is 11.8 Å². The quantitative estimate of drug-likeness (QED) is 0.730. The predicted molar refractivity (Wildman–Crippen MR) is 90.3 cm³/mol. The highest BCUT2D eigenvalue weighted by Crippen LogP contribution is 2.18. The van der Waals surface area contributed by atoms with Gasteiger partial charge >= 0.3 is 0 Å². The SMILES string of the molecule is CC1NCCCC1NC(=O)c1ccc(CSc2ncn[nH]2)cc1. The molecule has 1 aliphatic rings. The topological polar surface area (TPSA) is 82.7 Å². The minimum Gasteiger partial charge on any atom is -0.348 e. The molecule has 1 aromatic heterocycles. The summed E-state index contributed by atoms with van der Waals surface area (Å²) in [6.45, 7) is 3.15. The van der Waals surface area contributed by atoms with Crippen molar-refractivity contribution in [2.45, 2.75) is 42.8 Å². The van der Waals surface area contributed by atoms with Crippen molar-refractivity contribution >= 4 is 17.7 Å². The molecule has 122 valence electrons. The molecule has 0 radical (unpaired) electrons. The molecular formula is C16H21N5OS. The van der Waals surface area contributed by atoms with Gasteiger partial charge in [0.15, 0.2) is 5.16 Å². The standard InChI is InChI=1S/C16H21N5OS/c1-11-14(3-2-8-17-11)20-15(22)13-6-4-12(5-7-13)9-23-16-18-10-19-21-16/h4-7,10-11,14,17H,2-3,8-9H2,1H3,(H,20,22)(H,18,19,21). The monoisotopic (exact) mass is 331 g/mol. The number of benzene rings is 1. The molecule has 3 N–H and O–H groups in total. The van der Waals surface area contributed by atoms with Gasteiger partial charge in [0.25, 0.3) is 5.91 Å². The summed E-state index contributed by atoms with van der Waals surface area (Å²) >= 11 is 1.59. The summed E-state index contributed by atoms with van der Waals surface area (Å²) in [7, 11) is 0. The van der Waals surface area contributed by atoms with Crippen LogP contribution >= 0.6 is 11.8 Å². The van der Waals surface area contributed by atoms with Gasteiger partial charge in [-0.1, -0.05) is 23.9 Å². The number of hydrogen-bond acceptors (Lipinski definition) is 5. The molecule has 0 saturated carbocycles. The first-order valence-electron chi connectivity index (χ1n) is 7.84. The van der Waals surface area contributed by atoms with Crippen molar-refractivity contribution in [2.75, 3.05) is 6.54 Å². The summed E-state index contributed by atoms with van der Waals surface area (Å²) in [6.07, 6.45) is 3.63. The lowest BCUT2D eigenvalue weighted by atomic mass is 9.99. The zero-order valence-corrected chi connectivity index (χ0v) is 13.9. The fraction of sp³-hybridized carbons (Fsp3) is 0.438. The second-order valence-electron chi connectivity index (χ2n) is 5.74. The van der Waals surface area contributed by atoms with Gasteiger partial charge in [-0.15, -0.1) is 0 Å². The van der Waals surface area contributed by atoms with Crippen LogP contribution in [0.25, 0.3) is 0 Å². The number of aromatic amines is 1. The largest absolute Gasteiger partial charge is 0.348 e. The maximum absolute atomic E-state index is 12.3. The summed E-state index contributed by atoms with van der Waals surface area (Å²) in [5.41, 5.74) is 1.85. The number of piperidine rings is 1. The first kappa shape index (κ1) is 16.0. The Balaban J connectivity index is 1.54. The molecule has 1 aliphatic heterocycles. The minimum absolute atomic E-state index is 0.0000114. The number of nitrogens with zero attached hydrogens (tertiary/aromatic N) is 2. The molecule has 1 saturated heterocycles. The van der Waals surface area contributed by atoms with Crippen LogP contribution in [0.5, 0.6) is 0 Å². The van der Waals surface area contributed by atoms with Crippen molar-refractivity contribution < 1.29 is 4.79 Å². The zero-order chi connectivity index (χ0) is 16.1. The molecule has 1 amide bonds. The normalized spacial score (nSPS) is 21.1. The molecule has 2 heterocycles. The summed E-state index contributed by atoms with van der Waals surface area (Å²) in [6, 6.07) is 8.27. The molecule has 7 heteroatoms. The van der Waals surface area contributed by atoms with Gasteiger partial charge in [0, 0.05) is 23.4 Å². The maximum atomic E-state index is 12.3. The van der Waals surface area contributed by atoms with E-state index in [-0.39, 0.29) is 11.9 Å². The van der Waals surface area contributed by atoms with Gasteiger partial charge in [0.1, 0.15) is 6.33 Å². The Morgan fingerprint density at radius 3 is 2.91 bits per heavy atom. The van der Waals surface area contributed by atoms with Gasteiger partial charge in [-0.3, -0.25) is 9.89 Å². The number of thioether (sulfide) groups is 1. The fourth-order valence-electron chi connectivity index (χ4n) is 2.66. The molecule has 23 heavy (non-hydrogen) atoms. The summed E-state index contributed by atoms with van der Waals surface area (Å²) in [5, 5.41) is 14.0. The van der Waals surface area contributed by atoms with Crippen LogP contribution in [0.4, 0.5) is 0 Å². The zero-order valence-electron chi connectivity index (χ0n) is 13.1. The molecule has 0 spiro atoms. The third-order valence-electron chi connectivity index (χ3n) is 4.06. The number of hydrogen-bond donors (Lipinski definition) is 3. The molecule has 1 fully saturated rings. The Hall–Kier alpha value is -1.86. The van der Waals surface area contributed by atoms with Crippen molar-refractivity contribution in [1.29, 1.82) is 0 Å². The number of H-pyrrole nitrogens is 1. The summed E-state index contributed by atoms with van der Waals surface area (Å²) in [4.78, 5) is 16.4. The smallest absolute Gasteiger partial charge is 0.251 e. The van der Waals surface area contributed by atoms with Gasteiger partial charge in [0.05, 0.1) is 0 Å². The number of aromatic nitrogens is 3. The van der Waals surface area contributed by atoms with Gasteiger partial charge in [-0.25, -0.2) is 4.98 Å². The number of carbonyl (C=O) groups is 1. The van der Waals surface area contributed by atoms with Crippen LogP contribution < -0.4 is 10.6 Å². The lowest BCUT2D eigenvalue weighted by Crippen LogP contribution is -2.51. The van der Waals surface area contributed by atoms with E-state index >= 15 is 0 Å². The number of carbonyl (C=O) groups excluding carboxylic acids is 1. The van der Waals surface area contributed by atoms with E-state index < -0.39 is 0 Å². The van der Waals surface area contributed by atoms with E-state index in [0.717, 1.165) is 35.9 Å². The number of nitrogens with one attached hydrogen (secondary N) is 3.